The first-order chi connectivity index (χ1) is 12.3. The summed E-state index contributed by atoms with van der Waals surface area (Å²) in [6.45, 7) is -0.585. The van der Waals surface area contributed by atoms with E-state index in [-0.39, 0.29) is 17.1 Å². The highest BCUT2D eigenvalue weighted by molar-refractivity contribution is 7.91. The molecule has 1 aromatic carbocycles. The molecular weight excluding hydrogens is 362 g/mol. The summed E-state index contributed by atoms with van der Waals surface area (Å²) in [7, 11) is -1.67. The second-order valence-corrected chi connectivity index (χ2v) is 8.35. The van der Waals surface area contributed by atoms with Gasteiger partial charge in [0.15, 0.2) is 16.4 Å². The van der Waals surface area contributed by atoms with Crippen molar-refractivity contribution < 1.29 is 27.2 Å². The lowest BCUT2D eigenvalue weighted by Crippen LogP contribution is -2.40. The molecule has 1 fully saturated rings. The van der Waals surface area contributed by atoms with Crippen molar-refractivity contribution in [2.75, 3.05) is 25.2 Å². The van der Waals surface area contributed by atoms with Gasteiger partial charge in [-0.2, -0.15) is 0 Å². The maximum atomic E-state index is 12.1. The Morgan fingerprint density at radius 1 is 1.31 bits per heavy atom. The minimum atomic E-state index is -3.13. The van der Waals surface area contributed by atoms with Gasteiger partial charge in [0.25, 0.3) is 5.91 Å². The highest BCUT2D eigenvalue weighted by Crippen LogP contribution is 2.17. The van der Waals surface area contributed by atoms with Crippen molar-refractivity contribution in [3.63, 3.8) is 0 Å². The van der Waals surface area contributed by atoms with E-state index in [4.69, 9.17) is 9.15 Å². The molecule has 1 atom stereocenters. The van der Waals surface area contributed by atoms with Crippen LogP contribution in [0.4, 0.5) is 0 Å². The predicted molar refractivity (Wildman–Crippen MR) is 92.6 cm³/mol. The Morgan fingerprint density at radius 3 is 2.73 bits per heavy atom. The van der Waals surface area contributed by atoms with Crippen LogP contribution in [-0.2, 0) is 19.4 Å². The lowest BCUT2D eigenvalue weighted by atomic mass is 10.2. The first kappa shape index (κ1) is 18.1. The Morgan fingerprint density at radius 2 is 2.04 bits per heavy atom. The van der Waals surface area contributed by atoms with Crippen LogP contribution in [0.25, 0.3) is 11.0 Å². The SMILES string of the molecule is CN(C(=O)COC(=O)c1cc2ccccc2oc1=O)C1CCS(=O)(=O)C1. The molecule has 26 heavy (non-hydrogen) atoms. The van der Waals surface area contributed by atoms with E-state index >= 15 is 0 Å². The summed E-state index contributed by atoms with van der Waals surface area (Å²) < 4.78 is 33.0. The number of ether oxygens (including phenoxy) is 1. The molecule has 1 saturated heterocycles. The maximum Gasteiger partial charge on any atom is 0.351 e. The number of amides is 1. The standard InChI is InChI=1S/C17H17NO7S/c1-18(12-6-7-26(22,23)10-12)15(19)9-24-16(20)13-8-11-4-2-3-5-14(11)25-17(13)21/h2-5,8,12H,6-7,9-10H2,1H3. The zero-order valence-corrected chi connectivity index (χ0v) is 14.8. The van der Waals surface area contributed by atoms with Crippen molar-refractivity contribution in [3.05, 3.63) is 46.3 Å². The number of sulfone groups is 1. The van der Waals surface area contributed by atoms with E-state index in [9.17, 15) is 22.8 Å². The number of hydrogen-bond acceptors (Lipinski definition) is 7. The monoisotopic (exact) mass is 379 g/mol. The van der Waals surface area contributed by atoms with Crippen LogP contribution in [0, 0.1) is 0 Å². The summed E-state index contributed by atoms with van der Waals surface area (Å²) in [5.74, 6) is -1.57. The van der Waals surface area contributed by atoms with Crippen LogP contribution in [-0.4, -0.2) is 56.4 Å². The van der Waals surface area contributed by atoms with Gasteiger partial charge in [0, 0.05) is 18.5 Å². The summed E-state index contributed by atoms with van der Waals surface area (Å²) in [6, 6.07) is 7.61. The van der Waals surface area contributed by atoms with E-state index in [1.54, 1.807) is 24.3 Å². The molecule has 0 bridgehead atoms. The van der Waals surface area contributed by atoms with Crippen molar-refractivity contribution in [3.8, 4) is 0 Å². The van der Waals surface area contributed by atoms with Gasteiger partial charge in [-0.05, 0) is 18.6 Å². The van der Waals surface area contributed by atoms with Crippen molar-refractivity contribution >= 4 is 32.7 Å². The molecule has 1 unspecified atom stereocenters. The largest absolute Gasteiger partial charge is 0.452 e. The van der Waals surface area contributed by atoms with Crippen molar-refractivity contribution in [2.45, 2.75) is 12.5 Å². The molecule has 1 aromatic heterocycles. The lowest BCUT2D eigenvalue weighted by Gasteiger charge is -2.23. The second kappa shape index (κ2) is 6.91. The third-order valence-corrected chi connectivity index (χ3v) is 6.09. The summed E-state index contributed by atoms with van der Waals surface area (Å²) in [4.78, 5) is 37.4. The normalized spacial score (nSPS) is 18.6. The number of fused-ring (bicyclic) bond motifs is 1. The van der Waals surface area contributed by atoms with Gasteiger partial charge in [0.1, 0.15) is 11.1 Å². The molecule has 2 aromatic rings. The summed E-state index contributed by atoms with van der Waals surface area (Å²) in [5.41, 5.74) is -0.814. The van der Waals surface area contributed by atoms with Crippen molar-refractivity contribution in [1.29, 1.82) is 0 Å². The predicted octanol–water partition coefficient (Wildman–Crippen LogP) is 0.595. The van der Waals surface area contributed by atoms with Crippen LogP contribution in [0.1, 0.15) is 16.8 Å². The van der Waals surface area contributed by atoms with Gasteiger partial charge in [-0.25, -0.2) is 18.0 Å². The van der Waals surface area contributed by atoms with Gasteiger partial charge in [0.2, 0.25) is 0 Å². The summed E-state index contributed by atoms with van der Waals surface area (Å²) in [5, 5.41) is 0.554. The molecule has 1 aliphatic heterocycles. The van der Waals surface area contributed by atoms with E-state index in [2.05, 4.69) is 0 Å². The molecule has 0 N–H and O–H groups in total. The fourth-order valence-corrected chi connectivity index (χ4v) is 4.57. The molecule has 9 heteroatoms. The quantitative estimate of drug-likeness (QED) is 0.565. The van der Waals surface area contributed by atoms with Gasteiger partial charge < -0.3 is 14.1 Å². The molecule has 8 nitrogen and oxygen atoms in total. The zero-order valence-electron chi connectivity index (χ0n) is 14.0. The molecule has 2 heterocycles. The molecule has 0 spiro atoms. The lowest BCUT2D eigenvalue weighted by molar-refractivity contribution is -0.134. The van der Waals surface area contributed by atoms with E-state index in [1.165, 1.54) is 18.0 Å². The Bertz CT molecular complexity index is 1020. The first-order valence-corrected chi connectivity index (χ1v) is 9.75. The Balaban J connectivity index is 1.66. The molecule has 0 radical (unpaired) electrons. The fraction of sp³-hybridized carbons (Fsp3) is 0.353. The summed E-state index contributed by atoms with van der Waals surface area (Å²) in [6.07, 6.45) is 0.354. The van der Waals surface area contributed by atoms with Crippen LogP contribution in [0.3, 0.4) is 0 Å². The van der Waals surface area contributed by atoms with Gasteiger partial charge in [0.05, 0.1) is 11.5 Å². The number of para-hydroxylation sites is 1. The number of nitrogens with zero attached hydrogens (tertiary/aromatic N) is 1. The van der Waals surface area contributed by atoms with Crippen LogP contribution in [0.2, 0.25) is 0 Å². The molecule has 0 saturated carbocycles. The highest BCUT2D eigenvalue weighted by atomic mass is 32.2. The molecule has 1 amide bonds. The summed E-state index contributed by atoms with van der Waals surface area (Å²) >= 11 is 0. The average molecular weight is 379 g/mol. The van der Waals surface area contributed by atoms with Crippen LogP contribution >= 0.6 is 0 Å². The topological polar surface area (TPSA) is 111 Å². The van der Waals surface area contributed by atoms with Crippen molar-refractivity contribution in [2.24, 2.45) is 0 Å². The maximum absolute atomic E-state index is 12.1. The molecular formula is C17H17NO7S. The fourth-order valence-electron chi connectivity index (χ4n) is 2.80. The molecule has 1 aliphatic rings. The van der Waals surface area contributed by atoms with Crippen LogP contribution in [0.5, 0.6) is 0 Å². The Labute approximate surface area is 149 Å². The van der Waals surface area contributed by atoms with E-state index in [0.717, 1.165) is 0 Å². The number of hydrogen-bond donors (Lipinski definition) is 0. The van der Waals surface area contributed by atoms with E-state index in [1.807, 2.05) is 0 Å². The van der Waals surface area contributed by atoms with Gasteiger partial charge >= 0.3 is 11.6 Å². The number of benzene rings is 1. The van der Waals surface area contributed by atoms with Crippen LogP contribution in [0.15, 0.2) is 39.5 Å². The van der Waals surface area contributed by atoms with Crippen molar-refractivity contribution in [1.82, 2.24) is 4.90 Å². The van der Waals surface area contributed by atoms with Gasteiger partial charge in [-0.1, -0.05) is 18.2 Å². The smallest absolute Gasteiger partial charge is 0.351 e. The number of likely N-dealkylation sites (N-methyl/N-ethyl adjacent to an activating group) is 1. The molecule has 0 aliphatic carbocycles. The van der Waals surface area contributed by atoms with Gasteiger partial charge in [-0.3, -0.25) is 4.79 Å². The number of esters is 1. The number of rotatable bonds is 4. The minimum absolute atomic E-state index is 0.0349. The van der Waals surface area contributed by atoms with E-state index < -0.39 is 40.0 Å². The first-order valence-electron chi connectivity index (χ1n) is 7.93. The highest BCUT2D eigenvalue weighted by Gasteiger charge is 2.33. The minimum Gasteiger partial charge on any atom is -0.452 e. The zero-order chi connectivity index (χ0) is 18.9. The van der Waals surface area contributed by atoms with E-state index in [0.29, 0.717) is 17.4 Å². The number of carbonyl (C=O) groups is 2. The third-order valence-electron chi connectivity index (χ3n) is 4.34. The Hall–Kier alpha value is -2.68. The van der Waals surface area contributed by atoms with Gasteiger partial charge in [-0.15, -0.1) is 0 Å². The van der Waals surface area contributed by atoms with Crippen LogP contribution < -0.4 is 5.63 Å². The third kappa shape index (κ3) is 3.77. The molecule has 138 valence electrons. The number of carbonyl (C=O) groups excluding carboxylic acids is 2. The second-order valence-electron chi connectivity index (χ2n) is 6.12. The molecule has 3 rings (SSSR count). The average Bonchev–Trinajstić information content (AvgIpc) is 2.97. The Kier molecular flexibility index (Phi) is 4.82.